The lowest BCUT2D eigenvalue weighted by Gasteiger charge is -2.01. The van der Waals surface area contributed by atoms with Crippen LogP contribution in [0, 0.1) is 13.8 Å². The highest BCUT2D eigenvalue weighted by molar-refractivity contribution is 7.16. The Hall–Kier alpha value is -1.47. The fourth-order valence-corrected chi connectivity index (χ4v) is 4.22. The minimum Gasteiger partial charge on any atom is -0.283 e. The molecule has 2 aromatic heterocycles. The number of amides is 2. The van der Waals surface area contributed by atoms with Gasteiger partial charge in [0.1, 0.15) is 0 Å². The number of carbonyl (C=O) groups is 1. The van der Waals surface area contributed by atoms with Crippen LogP contribution in [0.1, 0.15) is 47.8 Å². The smallest absolute Gasteiger partial charge is 0.283 e. The molecule has 0 unspecified atom stereocenters. The summed E-state index contributed by atoms with van der Waals surface area (Å²) in [6.45, 7) is 8.23. The lowest BCUT2D eigenvalue weighted by molar-refractivity contribution is 0.262. The van der Waals surface area contributed by atoms with E-state index in [0.29, 0.717) is 10.3 Å². The number of thiazole rings is 2. The molecule has 0 fully saturated rings. The van der Waals surface area contributed by atoms with Crippen LogP contribution in [0.5, 0.6) is 0 Å². The summed E-state index contributed by atoms with van der Waals surface area (Å²) >= 11 is 3.08. The minimum absolute atomic E-state index is 0.284. The first-order chi connectivity index (χ1) is 10.5. The standard InChI is InChI=1S/C15H22N4OS2/c1-5-7-11-9(3)16-14(21-11)18-13(20)19-15-17-10(4)12(22-15)8-6-2/h5-8H2,1-4H3,(H2,16,17,18,19,20). The molecule has 0 bridgehead atoms. The molecule has 2 heterocycles. The van der Waals surface area contributed by atoms with Crippen LogP contribution in [0.15, 0.2) is 0 Å². The van der Waals surface area contributed by atoms with Gasteiger partial charge in [-0.05, 0) is 26.7 Å². The van der Waals surface area contributed by atoms with E-state index in [2.05, 4.69) is 34.4 Å². The third-order valence-electron chi connectivity index (χ3n) is 3.18. The van der Waals surface area contributed by atoms with Gasteiger partial charge in [0.2, 0.25) is 0 Å². The fraction of sp³-hybridized carbons (Fsp3) is 0.533. The lowest BCUT2D eigenvalue weighted by atomic mass is 10.2. The number of rotatable bonds is 6. The number of hydrogen-bond donors (Lipinski definition) is 2. The number of hydrogen-bond acceptors (Lipinski definition) is 5. The van der Waals surface area contributed by atoms with Gasteiger partial charge in [0, 0.05) is 9.75 Å². The molecule has 7 heteroatoms. The summed E-state index contributed by atoms with van der Waals surface area (Å²) in [4.78, 5) is 23.3. The van der Waals surface area contributed by atoms with Crippen molar-refractivity contribution < 1.29 is 4.79 Å². The normalized spacial score (nSPS) is 10.7. The van der Waals surface area contributed by atoms with Crippen molar-refractivity contribution in [2.75, 3.05) is 10.6 Å². The maximum Gasteiger partial charge on any atom is 0.327 e. The maximum absolute atomic E-state index is 12.0. The van der Waals surface area contributed by atoms with Crippen molar-refractivity contribution in [3.63, 3.8) is 0 Å². The largest absolute Gasteiger partial charge is 0.327 e. The van der Waals surface area contributed by atoms with Crippen molar-refractivity contribution in [2.24, 2.45) is 0 Å². The zero-order chi connectivity index (χ0) is 16.1. The Kier molecular flexibility index (Phi) is 5.90. The van der Waals surface area contributed by atoms with E-state index in [4.69, 9.17) is 0 Å². The number of aromatic nitrogens is 2. The van der Waals surface area contributed by atoms with Crippen LogP contribution in [-0.2, 0) is 12.8 Å². The Morgan fingerprint density at radius 2 is 1.32 bits per heavy atom. The van der Waals surface area contributed by atoms with Crippen LogP contribution in [0.25, 0.3) is 0 Å². The van der Waals surface area contributed by atoms with Crippen molar-refractivity contribution in [1.29, 1.82) is 0 Å². The number of carbonyl (C=O) groups excluding carboxylic acids is 1. The van der Waals surface area contributed by atoms with Gasteiger partial charge in [-0.3, -0.25) is 10.6 Å². The van der Waals surface area contributed by atoms with Crippen LogP contribution in [0.3, 0.4) is 0 Å². The summed E-state index contributed by atoms with van der Waals surface area (Å²) < 4.78 is 0. The van der Waals surface area contributed by atoms with E-state index in [1.807, 2.05) is 13.8 Å². The number of nitrogens with one attached hydrogen (secondary N) is 2. The molecule has 5 nitrogen and oxygen atoms in total. The summed E-state index contributed by atoms with van der Waals surface area (Å²) in [6, 6.07) is -0.284. The molecule has 0 aromatic carbocycles. The topological polar surface area (TPSA) is 66.9 Å². The molecule has 0 radical (unpaired) electrons. The van der Waals surface area contributed by atoms with Gasteiger partial charge in [0.25, 0.3) is 0 Å². The van der Waals surface area contributed by atoms with E-state index in [9.17, 15) is 4.79 Å². The molecule has 2 aromatic rings. The van der Waals surface area contributed by atoms with Crippen LogP contribution < -0.4 is 10.6 Å². The van der Waals surface area contributed by atoms with Gasteiger partial charge in [-0.25, -0.2) is 14.8 Å². The van der Waals surface area contributed by atoms with Crippen molar-refractivity contribution >= 4 is 39.0 Å². The van der Waals surface area contributed by atoms with E-state index >= 15 is 0 Å². The highest BCUT2D eigenvalue weighted by Gasteiger charge is 2.12. The molecule has 0 spiro atoms. The van der Waals surface area contributed by atoms with E-state index in [0.717, 1.165) is 37.1 Å². The number of urea groups is 1. The van der Waals surface area contributed by atoms with Gasteiger partial charge in [-0.15, -0.1) is 22.7 Å². The van der Waals surface area contributed by atoms with Crippen LogP contribution in [-0.4, -0.2) is 16.0 Å². The van der Waals surface area contributed by atoms with Crippen LogP contribution in [0.4, 0.5) is 15.1 Å². The highest BCUT2D eigenvalue weighted by Crippen LogP contribution is 2.26. The van der Waals surface area contributed by atoms with E-state index in [1.165, 1.54) is 32.4 Å². The Morgan fingerprint density at radius 1 is 0.909 bits per heavy atom. The SMILES string of the molecule is CCCc1sc(NC(=O)Nc2nc(C)c(CCC)s2)nc1C. The van der Waals surface area contributed by atoms with Crippen molar-refractivity contribution in [2.45, 2.75) is 53.4 Å². The van der Waals surface area contributed by atoms with Crippen molar-refractivity contribution in [3.8, 4) is 0 Å². The number of aryl methyl sites for hydroxylation is 4. The Balaban J connectivity index is 1.98. The molecule has 22 heavy (non-hydrogen) atoms. The molecule has 2 rings (SSSR count). The van der Waals surface area contributed by atoms with Crippen LogP contribution in [0.2, 0.25) is 0 Å². The molecular weight excluding hydrogens is 316 g/mol. The van der Waals surface area contributed by atoms with E-state index < -0.39 is 0 Å². The molecule has 0 aliphatic heterocycles. The van der Waals surface area contributed by atoms with Gasteiger partial charge in [-0.1, -0.05) is 26.7 Å². The van der Waals surface area contributed by atoms with Crippen molar-refractivity contribution in [1.82, 2.24) is 9.97 Å². The summed E-state index contributed by atoms with van der Waals surface area (Å²) in [5, 5.41) is 6.87. The summed E-state index contributed by atoms with van der Waals surface area (Å²) in [5.74, 6) is 0. The average Bonchev–Trinajstić information content (AvgIpc) is 2.94. The molecule has 0 atom stereocenters. The van der Waals surface area contributed by atoms with Gasteiger partial charge in [0.05, 0.1) is 11.4 Å². The second-order valence-corrected chi connectivity index (χ2v) is 7.30. The first-order valence-corrected chi connectivity index (χ1v) is 9.17. The van der Waals surface area contributed by atoms with Gasteiger partial charge in [0.15, 0.2) is 10.3 Å². The Labute approximate surface area is 139 Å². The van der Waals surface area contributed by atoms with Crippen LogP contribution >= 0.6 is 22.7 Å². The Bertz CT molecular complexity index is 594. The summed E-state index contributed by atoms with van der Waals surface area (Å²) in [6.07, 6.45) is 4.15. The molecule has 0 saturated carbocycles. The fourth-order valence-electron chi connectivity index (χ4n) is 2.11. The van der Waals surface area contributed by atoms with Gasteiger partial charge in [-0.2, -0.15) is 0 Å². The predicted molar refractivity (Wildman–Crippen MR) is 94.3 cm³/mol. The van der Waals surface area contributed by atoms with E-state index in [-0.39, 0.29) is 6.03 Å². The maximum atomic E-state index is 12.0. The third-order valence-corrected chi connectivity index (χ3v) is 5.45. The molecule has 2 N–H and O–H groups in total. The lowest BCUT2D eigenvalue weighted by Crippen LogP contribution is -2.19. The quantitative estimate of drug-likeness (QED) is 0.797. The second kappa shape index (κ2) is 7.69. The van der Waals surface area contributed by atoms with Gasteiger partial charge < -0.3 is 0 Å². The minimum atomic E-state index is -0.284. The second-order valence-electron chi connectivity index (χ2n) is 5.13. The third kappa shape index (κ3) is 4.27. The summed E-state index contributed by atoms with van der Waals surface area (Å²) in [7, 11) is 0. The zero-order valence-electron chi connectivity index (χ0n) is 13.4. The van der Waals surface area contributed by atoms with E-state index in [1.54, 1.807) is 0 Å². The average molecular weight is 339 g/mol. The molecule has 0 aliphatic rings. The van der Waals surface area contributed by atoms with Crippen molar-refractivity contribution in [3.05, 3.63) is 21.1 Å². The monoisotopic (exact) mass is 338 g/mol. The highest BCUT2D eigenvalue weighted by atomic mass is 32.1. The summed E-state index contributed by atoms with van der Waals surface area (Å²) in [5.41, 5.74) is 2.00. The molecule has 0 saturated heterocycles. The molecular formula is C15H22N4OS2. The first-order valence-electron chi connectivity index (χ1n) is 7.54. The zero-order valence-corrected chi connectivity index (χ0v) is 15.1. The Morgan fingerprint density at radius 3 is 1.68 bits per heavy atom. The molecule has 120 valence electrons. The molecule has 2 amide bonds. The molecule has 0 aliphatic carbocycles. The number of nitrogens with zero attached hydrogens (tertiary/aromatic N) is 2. The first kappa shape index (κ1) is 16.9. The number of anilines is 2. The van der Waals surface area contributed by atoms with Gasteiger partial charge >= 0.3 is 6.03 Å². The predicted octanol–water partition coefficient (Wildman–Crippen LogP) is 4.77.